The minimum atomic E-state index is -0.00211. The fourth-order valence-electron chi connectivity index (χ4n) is 2.30. The first kappa shape index (κ1) is 18.8. The Balaban J connectivity index is 1.78. The summed E-state index contributed by atoms with van der Waals surface area (Å²) in [6, 6.07) is 4.07. The summed E-state index contributed by atoms with van der Waals surface area (Å²) >= 11 is 2.85. The van der Waals surface area contributed by atoms with Gasteiger partial charge in [0.05, 0.1) is 10.6 Å². The number of thiophene rings is 1. The summed E-state index contributed by atoms with van der Waals surface area (Å²) in [4.78, 5) is 13.0. The average Bonchev–Trinajstić information content (AvgIpc) is 3.14. The number of amides is 1. The number of carbonyl (C=O) groups excluding carboxylic acids is 1. The molecule has 6 nitrogen and oxygen atoms in total. The predicted octanol–water partition coefficient (Wildman–Crippen LogP) is 3.14. The normalized spacial score (nSPS) is 12.5. The van der Waals surface area contributed by atoms with Gasteiger partial charge in [-0.1, -0.05) is 44.5 Å². The molecule has 0 spiro atoms. The highest BCUT2D eigenvalue weighted by Gasteiger charge is 2.15. The van der Waals surface area contributed by atoms with Crippen molar-refractivity contribution < 1.29 is 4.79 Å². The van der Waals surface area contributed by atoms with Crippen LogP contribution in [0.2, 0.25) is 0 Å². The summed E-state index contributed by atoms with van der Waals surface area (Å²) < 4.78 is 1.44. The Kier molecular flexibility index (Phi) is 7.11. The molecular weight excluding hydrogens is 342 g/mol. The number of nitrogen functional groups attached to an aromatic ring is 1. The number of hydrogen-bond acceptors (Lipinski definition) is 6. The first-order chi connectivity index (χ1) is 11.5. The number of aromatic nitrogens is 3. The summed E-state index contributed by atoms with van der Waals surface area (Å²) in [5.74, 6) is 7.63. The van der Waals surface area contributed by atoms with E-state index in [1.165, 1.54) is 22.9 Å². The maximum absolute atomic E-state index is 12.0. The van der Waals surface area contributed by atoms with Gasteiger partial charge >= 0.3 is 0 Å². The summed E-state index contributed by atoms with van der Waals surface area (Å²) in [7, 11) is 0. The van der Waals surface area contributed by atoms with Crippen LogP contribution in [-0.4, -0.2) is 32.6 Å². The second kappa shape index (κ2) is 9.08. The van der Waals surface area contributed by atoms with Crippen LogP contribution in [0.5, 0.6) is 0 Å². The molecule has 1 atom stereocenters. The zero-order valence-corrected chi connectivity index (χ0v) is 16.0. The van der Waals surface area contributed by atoms with Gasteiger partial charge in [0.2, 0.25) is 11.1 Å². The molecule has 0 aliphatic carbocycles. The molecule has 0 bridgehead atoms. The number of carbonyl (C=O) groups is 1. The van der Waals surface area contributed by atoms with E-state index in [0.717, 1.165) is 17.7 Å². The van der Waals surface area contributed by atoms with E-state index in [1.54, 1.807) is 11.3 Å². The maximum atomic E-state index is 12.0. The zero-order valence-electron chi connectivity index (χ0n) is 14.4. The highest BCUT2D eigenvalue weighted by Crippen LogP contribution is 2.25. The van der Waals surface area contributed by atoms with Gasteiger partial charge in [-0.25, -0.2) is 4.68 Å². The molecule has 0 saturated heterocycles. The minimum Gasteiger partial charge on any atom is -0.353 e. The van der Waals surface area contributed by atoms with Crippen molar-refractivity contribution in [2.45, 2.75) is 51.2 Å². The van der Waals surface area contributed by atoms with Gasteiger partial charge in [0.25, 0.3) is 0 Å². The van der Waals surface area contributed by atoms with E-state index in [0.29, 0.717) is 16.9 Å². The van der Waals surface area contributed by atoms with Gasteiger partial charge in [-0.3, -0.25) is 4.79 Å². The topological polar surface area (TPSA) is 85.8 Å². The summed E-state index contributed by atoms with van der Waals surface area (Å²) in [5, 5.41) is 13.7. The van der Waals surface area contributed by atoms with Gasteiger partial charge in [0, 0.05) is 6.04 Å². The van der Waals surface area contributed by atoms with E-state index in [2.05, 4.69) is 29.4 Å². The SMILES string of the molecule is CC(C)CCCC(C)NC(=O)CSc1nnc(-c2cccs2)n1N. The van der Waals surface area contributed by atoms with Gasteiger partial charge in [0.15, 0.2) is 5.82 Å². The van der Waals surface area contributed by atoms with Crippen LogP contribution >= 0.6 is 23.1 Å². The van der Waals surface area contributed by atoms with E-state index < -0.39 is 0 Å². The van der Waals surface area contributed by atoms with Crippen molar-refractivity contribution in [3.8, 4) is 10.7 Å². The first-order valence-corrected chi connectivity index (χ1v) is 10.0. The second-order valence-corrected chi connectivity index (χ2v) is 8.13. The third-order valence-electron chi connectivity index (χ3n) is 3.56. The number of rotatable bonds is 9. The van der Waals surface area contributed by atoms with E-state index in [-0.39, 0.29) is 17.7 Å². The molecule has 1 amide bonds. The number of nitrogens with two attached hydrogens (primary N) is 1. The highest BCUT2D eigenvalue weighted by atomic mass is 32.2. The minimum absolute atomic E-state index is 0.00211. The second-order valence-electron chi connectivity index (χ2n) is 6.24. The molecule has 0 aliphatic heterocycles. The van der Waals surface area contributed by atoms with Gasteiger partial charge in [-0.05, 0) is 30.7 Å². The Bertz CT molecular complexity index is 639. The molecule has 24 heavy (non-hydrogen) atoms. The molecule has 0 saturated carbocycles. The monoisotopic (exact) mass is 367 g/mol. The van der Waals surface area contributed by atoms with Gasteiger partial charge in [-0.2, -0.15) is 0 Å². The fourth-order valence-corrected chi connectivity index (χ4v) is 3.67. The van der Waals surface area contributed by atoms with Crippen LogP contribution in [0.1, 0.15) is 40.0 Å². The van der Waals surface area contributed by atoms with Crippen molar-refractivity contribution in [1.82, 2.24) is 20.2 Å². The third-order valence-corrected chi connectivity index (χ3v) is 5.37. The van der Waals surface area contributed by atoms with Crippen LogP contribution in [0.15, 0.2) is 22.7 Å². The van der Waals surface area contributed by atoms with Crippen molar-refractivity contribution in [3.05, 3.63) is 17.5 Å². The lowest BCUT2D eigenvalue weighted by Gasteiger charge is -2.14. The maximum Gasteiger partial charge on any atom is 0.230 e. The van der Waals surface area contributed by atoms with Crippen molar-refractivity contribution >= 4 is 29.0 Å². The Morgan fingerprint density at radius 1 is 1.38 bits per heavy atom. The number of hydrogen-bond donors (Lipinski definition) is 2. The molecule has 2 aromatic heterocycles. The molecule has 1 unspecified atom stereocenters. The van der Waals surface area contributed by atoms with E-state index >= 15 is 0 Å². The molecule has 2 rings (SSSR count). The zero-order chi connectivity index (χ0) is 17.5. The quantitative estimate of drug-likeness (QED) is 0.525. The number of nitrogens with one attached hydrogen (secondary N) is 1. The first-order valence-electron chi connectivity index (χ1n) is 8.14. The molecule has 0 aliphatic rings. The molecule has 0 aromatic carbocycles. The number of nitrogens with zero attached hydrogens (tertiary/aromatic N) is 3. The van der Waals surface area contributed by atoms with Crippen molar-refractivity contribution in [3.63, 3.8) is 0 Å². The van der Waals surface area contributed by atoms with Gasteiger partial charge < -0.3 is 11.2 Å². The van der Waals surface area contributed by atoms with E-state index in [1.807, 2.05) is 24.4 Å². The Morgan fingerprint density at radius 3 is 2.83 bits per heavy atom. The summed E-state index contributed by atoms with van der Waals surface area (Å²) in [6.45, 7) is 6.48. The molecule has 0 fully saturated rings. The summed E-state index contributed by atoms with van der Waals surface area (Å²) in [6.07, 6.45) is 3.33. The lowest BCUT2D eigenvalue weighted by atomic mass is 10.0. The fraction of sp³-hybridized carbons (Fsp3) is 0.562. The Labute approximate surface area is 151 Å². The molecule has 3 N–H and O–H groups in total. The third kappa shape index (κ3) is 5.52. The average molecular weight is 368 g/mol. The van der Waals surface area contributed by atoms with Crippen LogP contribution in [-0.2, 0) is 4.79 Å². The van der Waals surface area contributed by atoms with Crippen molar-refractivity contribution in [2.24, 2.45) is 5.92 Å². The van der Waals surface area contributed by atoms with Gasteiger partial charge in [0.1, 0.15) is 0 Å². The summed E-state index contributed by atoms with van der Waals surface area (Å²) in [5.41, 5.74) is 0. The van der Waals surface area contributed by atoms with Gasteiger partial charge in [-0.15, -0.1) is 21.5 Å². The Hall–Kier alpha value is -1.54. The lowest BCUT2D eigenvalue weighted by molar-refractivity contribution is -0.119. The van der Waals surface area contributed by atoms with Crippen LogP contribution in [0.25, 0.3) is 10.7 Å². The largest absolute Gasteiger partial charge is 0.353 e. The van der Waals surface area contributed by atoms with Crippen LogP contribution in [0.4, 0.5) is 0 Å². The molecular formula is C16H25N5OS2. The van der Waals surface area contributed by atoms with Crippen LogP contribution in [0.3, 0.4) is 0 Å². The highest BCUT2D eigenvalue weighted by molar-refractivity contribution is 7.99. The lowest BCUT2D eigenvalue weighted by Crippen LogP contribution is -2.34. The molecule has 132 valence electrons. The van der Waals surface area contributed by atoms with E-state index in [4.69, 9.17) is 5.84 Å². The standard InChI is InChI=1S/C16H25N5OS2/c1-11(2)6-4-7-12(3)18-14(22)10-24-16-20-19-15(21(16)17)13-8-5-9-23-13/h5,8-9,11-12H,4,6-7,10,17H2,1-3H3,(H,18,22). The predicted molar refractivity (Wildman–Crippen MR) is 101 cm³/mol. The smallest absolute Gasteiger partial charge is 0.230 e. The molecule has 0 radical (unpaired) electrons. The van der Waals surface area contributed by atoms with E-state index in [9.17, 15) is 4.79 Å². The number of thioether (sulfide) groups is 1. The van der Waals surface area contributed by atoms with Crippen LogP contribution < -0.4 is 11.2 Å². The molecule has 2 aromatic rings. The Morgan fingerprint density at radius 2 is 2.17 bits per heavy atom. The van der Waals surface area contributed by atoms with Crippen molar-refractivity contribution in [1.29, 1.82) is 0 Å². The molecule has 2 heterocycles. The van der Waals surface area contributed by atoms with Crippen LogP contribution in [0, 0.1) is 5.92 Å². The van der Waals surface area contributed by atoms with Crippen molar-refractivity contribution in [2.75, 3.05) is 11.6 Å². The molecule has 8 heteroatoms.